The maximum atomic E-state index is 12.5. The molecule has 2 aromatic rings. The molecule has 6 nitrogen and oxygen atoms in total. The number of nitrogens with one attached hydrogen (secondary N) is 2. The molecule has 3 atom stereocenters. The standard InChI is InChI=1S/C19H22N4O2/c1-11(12-3-5-17-13(7-12)4-6-18(24)22-17)21-19(25)16-8-15(16)14-9-20-23(2)10-14/h3,5,7,9-11,15-16H,4,6,8H2,1-2H3,(H,21,25)(H,22,24)/t11-,15+,16-/m0/s1. The van der Waals surface area contributed by atoms with E-state index in [1.807, 2.05) is 38.5 Å². The van der Waals surface area contributed by atoms with Gasteiger partial charge in [0.1, 0.15) is 0 Å². The Kier molecular flexibility index (Phi) is 3.82. The fourth-order valence-electron chi connectivity index (χ4n) is 3.56. The van der Waals surface area contributed by atoms with Gasteiger partial charge < -0.3 is 10.6 Å². The Morgan fingerprint density at radius 1 is 1.40 bits per heavy atom. The topological polar surface area (TPSA) is 76.0 Å². The molecule has 0 saturated heterocycles. The van der Waals surface area contributed by atoms with Crippen LogP contribution in [0.5, 0.6) is 0 Å². The lowest BCUT2D eigenvalue weighted by Gasteiger charge is -2.20. The monoisotopic (exact) mass is 338 g/mol. The summed E-state index contributed by atoms with van der Waals surface area (Å²) in [5.41, 5.74) is 4.23. The van der Waals surface area contributed by atoms with E-state index in [0.29, 0.717) is 12.3 Å². The molecule has 6 heteroatoms. The molecule has 130 valence electrons. The Morgan fingerprint density at radius 2 is 2.24 bits per heavy atom. The highest BCUT2D eigenvalue weighted by molar-refractivity contribution is 5.94. The number of carbonyl (C=O) groups excluding carboxylic acids is 2. The highest BCUT2D eigenvalue weighted by Gasteiger charge is 2.44. The highest BCUT2D eigenvalue weighted by atomic mass is 16.2. The number of carbonyl (C=O) groups is 2. The second-order valence-electron chi connectivity index (χ2n) is 7.09. The minimum Gasteiger partial charge on any atom is -0.349 e. The summed E-state index contributed by atoms with van der Waals surface area (Å²) in [7, 11) is 1.89. The summed E-state index contributed by atoms with van der Waals surface area (Å²) in [5.74, 6) is 0.507. The molecule has 1 saturated carbocycles. The number of hydrogen-bond acceptors (Lipinski definition) is 3. The quantitative estimate of drug-likeness (QED) is 0.898. The summed E-state index contributed by atoms with van der Waals surface area (Å²) in [5, 5.41) is 10.2. The molecular formula is C19H22N4O2. The van der Waals surface area contributed by atoms with Crippen LogP contribution in [0.1, 0.15) is 48.4 Å². The van der Waals surface area contributed by atoms with Crippen LogP contribution in [0.4, 0.5) is 5.69 Å². The van der Waals surface area contributed by atoms with Crippen LogP contribution in [-0.4, -0.2) is 21.6 Å². The molecule has 25 heavy (non-hydrogen) atoms. The van der Waals surface area contributed by atoms with Gasteiger partial charge >= 0.3 is 0 Å². The molecular weight excluding hydrogens is 316 g/mol. The molecule has 1 aromatic heterocycles. The van der Waals surface area contributed by atoms with E-state index in [2.05, 4.69) is 21.8 Å². The molecule has 1 aromatic carbocycles. The molecule has 2 N–H and O–H groups in total. The van der Waals surface area contributed by atoms with Gasteiger partial charge in [-0.1, -0.05) is 12.1 Å². The number of anilines is 1. The molecule has 2 amide bonds. The van der Waals surface area contributed by atoms with Crippen LogP contribution in [0.15, 0.2) is 30.6 Å². The number of rotatable bonds is 4. The minimum absolute atomic E-state index is 0.0450. The molecule has 1 aliphatic heterocycles. The third-order valence-electron chi connectivity index (χ3n) is 5.16. The highest BCUT2D eigenvalue weighted by Crippen LogP contribution is 2.47. The molecule has 0 spiro atoms. The first kappa shape index (κ1) is 15.9. The Morgan fingerprint density at radius 3 is 3.00 bits per heavy atom. The summed E-state index contributed by atoms with van der Waals surface area (Å²) >= 11 is 0. The first-order valence-corrected chi connectivity index (χ1v) is 8.73. The van der Waals surface area contributed by atoms with Crippen molar-refractivity contribution in [1.29, 1.82) is 0 Å². The van der Waals surface area contributed by atoms with Crippen molar-refractivity contribution in [2.45, 2.75) is 38.1 Å². The van der Waals surface area contributed by atoms with Crippen molar-refractivity contribution in [3.05, 3.63) is 47.3 Å². The van der Waals surface area contributed by atoms with Gasteiger partial charge in [-0.05, 0) is 48.4 Å². The Bertz CT molecular complexity index is 842. The van der Waals surface area contributed by atoms with Crippen molar-refractivity contribution in [3.8, 4) is 0 Å². The molecule has 0 bridgehead atoms. The maximum absolute atomic E-state index is 12.5. The third-order valence-corrected chi connectivity index (χ3v) is 5.16. The molecule has 2 aliphatic rings. The van der Waals surface area contributed by atoms with Crippen molar-refractivity contribution in [1.82, 2.24) is 15.1 Å². The van der Waals surface area contributed by atoms with E-state index in [1.54, 1.807) is 4.68 Å². The maximum Gasteiger partial charge on any atom is 0.224 e. The van der Waals surface area contributed by atoms with Gasteiger partial charge in [0.05, 0.1) is 12.2 Å². The van der Waals surface area contributed by atoms with Crippen molar-refractivity contribution in [2.24, 2.45) is 13.0 Å². The second kappa shape index (κ2) is 6.02. The van der Waals surface area contributed by atoms with E-state index in [1.165, 1.54) is 0 Å². The molecule has 2 heterocycles. The van der Waals surface area contributed by atoms with Gasteiger partial charge in [-0.3, -0.25) is 14.3 Å². The third kappa shape index (κ3) is 3.16. The van der Waals surface area contributed by atoms with Crippen LogP contribution in [0.3, 0.4) is 0 Å². The summed E-state index contributed by atoms with van der Waals surface area (Å²) < 4.78 is 1.77. The van der Waals surface area contributed by atoms with Crippen molar-refractivity contribution >= 4 is 17.5 Å². The van der Waals surface area contributed by atoms with E-state index in [0.717, 1.165) is 35.2 Å². The van der Waals surface area contributed by atoms with Crippen molar-refractivity contribution < 1.29 is 9.59 Å². The largest absolute Gasteiger partial charge is 0.349 e. The predicted octanol–water partition coefficient (Wildman–Crippen LogP) is 2.29. The Labute approximate surface area is 146 Å². The zero-order chi connectivity index (χ0) is 17.6. The van der Waals surface area contributed by atoms with Gasteiger partial charge in [-0.2, -0.15) is 5.10 Å². The molecule has 1 aliphatic carbocycles. The molecule has 1 fully saturated rings. The zero-order valence-electron chi connectivity index (χ0n) is 14.5. The van der Waals surface area contributed by atoms with Crippen LogP contribution in [0, 0.1) is 5.92 Å². The van der Waals surface area contributed by atoms with Crippen molar-refractivity contribution in [2.75, 3.05) is 5.32 Å². The number of hydrogen-bond donors (Lipinski definition) is 2. The van der Waals surface area contributed by atoms with Gasteiger partial charge in [0.2, 0.25) is 11.8 Å². The van der Waals surface area contributed by atoms with Crippen LogP contribution >= 0.6 is 0 Å². The van der Waals surface area contributed by atoms with E-state index in [-0.39, 0.29) is 23.8 Å². The fourth-order valence-corrected chi connectivity index (χ4v) is 3.56. The SMILES string of the molecule is C[C@H](NC(=O)[C@H]1C[C@@H]1c1cnn(C)c1)c1ccc2c(c1)CCC(=O)N2. The van der Waals surface area contributed by atoms with E-state index in [4.69, 9.17) is 0 Å². The summed E-state index contributed by atoms with van der Waals surface area (Å²) in [6.07, 6.45) is 5.99. The Hall–Kier alpha value is -2.63. The predicted molar refractivity (Wildman–Crippen MR) is 94.0 cm³/mol. The van der Waals surface area contributed by atoms with Crippen LogP contribution in [0.2, 0.25) is 0 Å². The first-order valence-electron chi connectivity index (χ1n) is 8.73. The molecule has 4 rings (SSSR count). The van der Waals surface area contributed by atoms with Gasteiger partial charge in [0.25, 0.3) is 0 Å². The lowest BCUT2D eigenvalue weighted by molar-refractivity contribution is -0.123. The normalized spacial score (nSPS) is 22.7. The number of aryl methyl sites for hydroxylation is 2. The van der Waals surface area contributed by atoms with E-state index < -0.39 is 0 Å². The number of fused-ring (bicyclic) bond motifs is 1. The number of aromatic nitrogens is 2. The van der Waals surface area contributed by atoms with Gasteiger partial charge in [-0.25, -0.2) is 0 Å². The Balaban J connectivity index is 1.40. The van der Waals surface area contributed by atoms with Crippen molar-refractivity contribution in [3.63, 3.8) is 0 Å². The summed E-state index contributed by atoms with van der Waals surface area (Å²) in [6.45, 7) is 2.00. The van der Waals surface area contributed by atoms with E-state index >= 15 is 0 Å². The number of benzene rings is 1. The van der Waals surface area contributed by atoms with Crippen LogP contribution in [-0.2, 0) is 23.1 Å². The average Bonchev–Trinajstić information content (AvgIpc) is 3.28. The van der Waals surface area contributed by atoms with Crippen LogP contribution < -0.4 is 10.6 Å². The summed E-state index contributed by atoms with van der Waals surface area (Å²) in [4.78, 5) is 24.0. The van der Waals surface area contributed by atoms with Gasteiger partial charge in [-0.15, -0.1) is 0 Å². The van der Waals surface area contributed by atoms with Gasteiger partial charge in [0, 0.05) is 31.3 Å². The fraction of sp³-hybridized carbons (Fsp3) is 0.421. The average molecular weight is 338 g/mol. The lowest BCUT2D eigenvalue weighted by atomic mass is 9.97. The smallest absolute Gasteiger partial charge is 0.224 e. The number of nitrogens with zero attached hydrogens (tertiary/aromatic N) is 2. The summed E-state index contributed by atoms with van der Waals surface area (Å²) in [6, 6.07) is 5.94. The van der Waals surface area contributed by atoms with Crippen LogP contribution in [0.25, 0.3) is 0 Å². The molecule has 0 unspecified atom stereocenters. The van der Waals surface area contributed by atoms with E-state index in [9.17, 15) is 9.59 Å². The first-order chi connectivity index (χ1) is 12.0. The minimum atomic E-state index is -0.0504. The lowest BCUT2D eigenvalue weighted by Crippen LogP contribution is -2.28. The van der Waals surface area contributed by atoms with Gasteiger partial charge in [0.15, 0.2) is 0 Å². The number of amides is 2. The molecule has 0 radical (unpaired) electrons. The zero-order valence-corrected chi connectivity index (χ0v) is 14.5. The second-order valence-corrected chi connectivity index (χ2v) is 7.09.